The Kier molecular flexibility index (Phi) is 6.51. The smallest absolute Gasteiger partial charge is 0.347 e. The van der Waals surface area contributed by atoms with E-state index in [2.05, 4.69) is 10.6 Å². The van der Waals surface area contributed by atoms with Crippen LogP contribution < -0.4 is 10.6 Å². The van der Waals surface area contributed by atoms with Crippen LogP contribution in [0.1, 0.15) is 18.5 Å². The van der Waals surface area contributed by atoms with Crippen LogP contribution in [-0.2, 0) is 23.9 Å². The molecule has 3 rings (SSSR count). The molecule has 0 saturated carbocycles. The van der Waals surface area contributed by atoms with Gasteiger partial charge < -0.3 is 20.1 Å². The van der Waals surface area contributed by atoms with Crippen molar-refractivity contribution in [1.82, 2.24) is 5.32 Å². The van der Waals surface area contributed by atoms with Crippen molar-refractivity contribution in [3.63, 3.8) is 0 Å². The van der Waals surface area contributed by atoms with Gasteiger partial charge in [0.15, 0.2) is 18.8 Å². The fourth-order valence-electron chi connectivity index (χ4n) is 2.71. The summed E-state index contributed by atoms with van der Waals surface area (Å²) in [6.07, 6.45) is 0. The SMILES string of the molecule is C[C@@H](NC(=O)COC(=O)C1=C(Nc2ccccc2)OCC1=O)c1cccc(Cl)c1. The number of esters is 1. The Balaban J connectivity index is 1.59. The number of nitrogens with one attached hydrogen (secondary N) is 2. The monoisotopic (exact) mass is 414 g/mol. The number of hydrogen-bond acceptors (Lipinski definition) is 6. The van der Waals surface area contributed by atoms with E-state index in [1.807, 2.05) is 12.1 Å². The minimum atomic E-state index is -0.920. The lowest BCUT2D eigenvalue weighted by molar-refractivity contribution is -0.145. The summed E-state index contributed by atoms with van der Waals surface area (Å²) in [6.45, 7) is 0.987. The van der Waals surface area contributed by atoms with Gasteiger partial charge in [-0.3, -0.25) is 9.59 Å². The number of hydrogen-bond donors (Lipinski definition) is 2. The van der Waals surface area contributed by atoms with E-state index < -0.39 is 24.3 Å². The fourth-order valence-corrected chi connectivity index (χ4v) is 2.91. The number of amides is 1. The number of halogens is 1. The summed E-state index contributed by atoms with van der Waals surface area (Å²) in [5, 5.41) is 6.14. The van der Waals surface area contributed by atoms with E-state index in [0.29, 0.717) is 10.7 Å². The third-order valence-corrected chi connectivity index (χ3v) is 4.38. The van der Waals surface area contributed by atoms with E-state index in [-0.39, 0.29) is 24.1 Å². The quantitative estimate of drug-likeness (QED) is 0.534. The minimum Gasteiger partial charge on any atom is -0.470 e. The number of para-hydroxylation sites is 1. The molecule has 1 amide bonds. The highest BCUT2D eigenvalue weighted by molar-refractivity contribution is 6.30. The van der Waals surface area contributed by atoms with Gasteiger partial charge in [-0.1, -0.05) is 41.9 Å². The second-order valence-corrected chi connectivity index (χ2v) is 6.76. The molecule has 0 aromatic heterocycles. The highest BCUT2D eigenvalue weighted by Gasteiger charge is 2.33. The number of Topliss-reactive ketones (excluding diaryl/α,β-unsaturated/α-hetero) is 1. The predicted molar refractivity (Wildman–Crippen MR) is 107 cm³/mol. The third kappa shape index (κ3) is 5.36. The summed E-state index contributed by atoms with van der Waals surface area (Å²) >= 11 is 5.95. The maximum atomic E-state index is 12.3. The Labute approximate surface area is 172 Å². The van der Waals surface area contributed by atoms with Gasteiger partial charge in [0, 0.05) is 10.7 Å². The molecule has 1 aliphatic rings. The first-order chi connectivity index (χ1) is 13.9. The Morgan fingerprint density at radius 3 is 2.66 bits per heavy atom. The van der Waals surface area contributed by atoms with Crippen LogP contribution in [0.4, 0.5) is 5.69 Å². The lowest BCUT2D eigenvalue weighted by Gasteiger charge is -2.14. The summed E-state index contributed by atoms with van der Waals surface area (Å²) in [5.74, 6) is -1.92. The van der Waals surface area contributed by atoms with Crippen molar-refractivity contribution in [1.29, 1.82) is 0 Å². The van der Waals surface area contributed by atoms with Crippen molar-refractivity contribution in [3.05, 3.63) is 76.6 Å². The lowest BCUT2D eigenvalue weighted by Crippen LogP contribution is -2.31. The van der Waals surface area contributed by atoms with Crippen LogP contribution in [0, 0.1) is 0 Å². The van der Waals surface area contributed by atoms with Gasteiger partial charge in [-0.15, -0.1) is 0 Å². The molecule has 8 heteroatoms. The van der Waals surface area contributed by atoms with Crippen molar-refractivity contribution < 1.29 is 23.9 Å². The number of carbonyl (C=O) groups excluding carboxylic acids is 3. The topological polar surface area (TPSA) is 93.7 Å². The molecular formula is C21H19ClN2O5. The summed E-state index contributed by atoms with van der Waals surface area (Å²) in [5.41, 5.74) is 1.22. The molecule has 0 bridgehead atoms. The zero-order chi connectivity index (χ0) is 20.8. The molecule has 0 saturated heterocycles. The van der Waals surface area contributed by atoms with E-state index in [1.165, 1.54) is 0 Å². The maximum Gasteiger partial charge on any atom is 0.347 e. The maximum absolute atomic E-state index is 12.3. The predicted octanol–water partition coefficient (Wildman–Crippen LogP) is 2.98. The van der Waals surface area contributed by atoms with Crippen molar-refractivity contribution >= 4 is 34.9 Å². The molecule has 2 aromatic rings. The first-order valence-electron chi connectivity index (χ1n) is 8.88. The molecule has 0 fully saturated rings. The van der Waals surface area contributed by atoms with Gasteiger partial charge in [-0.05, 0) is 36.8 Å². The van der Waals surface area contributed by atoms with Crippen molar-refractivity contribution in [2.75, 3.05) is 18.5 Å². The summed E-state index contributed by atoms with van der Waals surface area (Å²) in [4.78, 5) is 36.5. The van der Waals surface area contributed by atoms with E-state index in [9.17, 15) is 14.4 Å². The summed E-state index contributed by atoms with van der Waals surface area (Å²) in [6, 6.07) is 15.7. The average molecular weight is 415 g/mol. The van der Waals surface area contributed by atoms with Gasteiger partial charge in [0.2, 0.25) is 11.7 Å². The van der Waals surface area contributed by atoms with Gasteiger partial charge in [-0.25, -0.2) is 4.79 Å². The Hall–Kier alpha value is -3.32. The van der Waals surface area contributed by atoms with E-state index >= 15 is 0 Å². The van der Waals surface area contributed by atoms with E-state index in [4.69, 9.17) is 21.1 Å². The second kappa shape index (κ2) is 9.25. The van der Waals surface area contributed by atoms with Crippen LogP contribution in [0.2, 0.25) is 5.02 Å². The highest BCUT2D eigenvalue weighted by Crippen LogP contribution is 2.21. The molecular weight excluding hydrogens is 396 g/mol. The summed E-state index contributed by atoms with van der Waals surface area (Å²) in [7, 11) is 0. The molecule has 0 spiro atoms. The van der Waals surface area contributed by atoms with Crippen LogP contribution in [0.25, 0.3) is 0 Å². The fraction of sp³-hybridized carbons (Fsp3) is 0.190. The van der Waals surface area contributed by atoms with Crippen molar-refractivity contribution in [2.45, 2.75) is 13.0 Å². The van der Waals surface area contributed by atoms with E-state index in [0.717, 1.165) is 5.56 Å². The zero-order valence-corrected chi connectivity index (χ0v) is 16.4. The third-order valence-electron chi connectivity index (χ3n) is 4.15. The lowest BCUT2D eigenvalue weighted by atomic mass is 10.1. The molecule has 2 N–H and O–H groups in total. The summed E-state index contributed by atoms with van der Waals surface area (Å²) < 4.78 is 10.3. The molecule has 150 valence electrons. The van der Waals surface area contributed by atoms with E-state index in [1.54, 1.807) is 49.4 Å². The molecule has 1 heterocycles. The Bertz CT molecular complexity index is 959. The largest absolute Gasteiger partial charge is 0.470 e. The molecule has 2 aromatic carbocycles. The van der Waals surface area contributed by atoms with Crippen LogP contribution in [-0.4, -0.2) is 30.9 Å². The normalized spacial score (nSPS) is 14.2. The Morgan fingerprint density at radius 1 is 1.17 bits per heavy atom. The van der Waals surface area contributed by atoms with Gasteiger partial charge in [-0.2, -0.15) is 0 Å². The van der Waals surface area contributed by atoms with Gasteiger partial charge in [0.05, 0.1) is 6.04 Å². The first-order valence-corrected chi connectivity index (χ1v) is 9.26. The molecule has 0 unspecified atom stereocenters. The highest BCUT2D eigenvalue weighted by atomic mass is 35.5. The molecule has 0 aliphatic carbocycles. The number of ketones is 1. The standard InChI is InChI=1S/C21H19ClN2O5/c1-13(14-6-5-7-15(22)10-14)23-18(26)12-29-21(27)19-17(25)11-28-20(19)24-16-8-3-2-4-9-16/h2-10,13,24H,11-12H2,1H3,(H,23,26)/t13-/m1/s1. The van der Waals surface area contributed by atoms with Gasteiger partial charge in [0.25, 0.3) is 5.91 Å². The number of ether oxygens (including phenoxy) is 2. The van der Waals surface area contributed by atoms with Gasteiger partial charge >= 0.3 is 5.97 Å². The van der Waals surface area contributed by atoms with Crippen LogP contribution in [0.5, 0.6) is 0 Å². The van der Waals surface area contributed by atoms with Crippen LogP contribution >= 0.6 is 11.6 Å². The first kappa shape index (κ1) is 20.4. The molecule has 29 heavy (non-hydrogen) atoms. The number of rotatable bonds is 7. The molecule has 0 radical (unpaired) electrons. The van der Waals surface area contributed by atoms with Gasteiger partial charge in [0.1, 0.15) is 0 Å². The number of anilines is 1. The van der Waals surface area contributed by atoms with Crippen LogP contribution in [0.3, 0.4) is 0 Å². The molecule has 1 aliphatic heterocycles. The number of carbonyl (C=O) groups is 3. The molecule has 7 nitrogen and oxygen atoms in total. The van der Waals surface area contributed by atoms with Crippen molar-refractivity contribution in [3.8, 4) is 0 Å². The van der Waals surface area contributed by atoms with Crippen LogP contribution in [0.15, 0.2) is 66.1 Å². The molecule has 1 atom stereocenters. The zero-order valence-electron chi connectivity index (χ0n) is 15.6. The average Bonchev–Trinajstić information content (AvgIpc) is 3.07. The minimum absolute atomic E-state index is 0.0129. The number of benzene rings is 2. The second-order valence-electron chi connectivity index (χ2n) is 6.33. The van der Waals surface area contributed by atoms with Crippen molar-refractivity contribution in [2.24, 2.45) is 0 Å². The Morgan fingerprint density at radius 2 is 1.93 bits per heavy atom.